The van der Waals surface area contributed by atoms with Gasteiger partial charge in [0.05, 0.1) is 5.60 Å². The molecule has 0 atom stereocenters. The van der Waals surface area contributed by atoms with Crippen molar-refractivity contribution >= 4 is 33.0 Å². The zero-order valence-electron chi connectivity index (χ0n) is 13.9. The molecule has 0 aliphatic heterocycles. The van der Waals surface area contributed by atoms with Crippen LogP contribution in [0.5, 0.6) is 0 Å². The van der Waals surface area contributed by atoms with Crippen LogP contribution < -0.4 is 0 Å². The second kappa shape index (κ2) is 5.94. The van der Waals surface area contributed by atoms with Crippen molar-refractivity contribution in [3.8, 4) is 10.4 Å². The van der Waals surface area contributed by atoms with E-state index >= 15 is 0 Å². The fourth-order valence-electron chi connectivity index (χ4n) is 2.83. The van der Waals surface area contributed by atoms with Crippen molar-refractivity contribution < 1.29 is 5.11 Å². The molecule has 0 spiro atoms. The van der Waals surface area contributed by atoms with Crippen LogP contribution in [-0.4, -0.2) is 5.11 Å². The van der Waals surface area contributed by atoms with Gasteiger partial charge in [0.1, 0.15) is 0 Å². The highest BCUT2D eigenvalue weighted by Crippen LogP contribution is 2.42. The van der Waals surface area contributed by atoms with Gasteiger partial charge in [-0.25, -0.2) is 0 Å². The molecule has 0 radical (unpaired) electrons. The van der Waals surface area contributed by atoms with E-state index in [-0.39, 0.29) is 0 Å². The van der Waals surface area contributed by atoms with Crippen LogP contribution in [0.1, 0.15) is 44.7 Å². The summed E-state index contributed by atoms with van der Waals surface area (Å²) in [5, 5.41) is 12.4. The van der Waals surface area contributed by atoms with Crippen molar-refractivity contribution in [1.82, 2.24) is 0 Å². The van der Waals surface area contributed by atoms with Crippen LogP contribution in [0.4, 0.5) is 0 Å². The summed E-state index contributed by atoms with van der Waals surface area (Å²) in [6.07, 6.45) is 0. The first-order valence-corrected chi connectivity index (χ1v) is 9.02. The third kappa shape index (κ3) is 3.16. The Kier molecular flexibility index (Phi) is 4.26. The zero-order valence-corrected chi connectivity index (χ0v) is 15.4. The van der Waals surface area contributed by atoms with Crippen LogP contribution in [-0.2, 0) is 5.60 Å². The minimum absolute atomic E-state index is 0.509. The molecule has 3 heteroatoms. The first kappa shape index (κ1) is 16.5. The maximum Gasteiger partial charge on any atom is 0.0847 e. The summed E-state index contributed by atoms with van der Waals surface area (Å²) in [5.41, 5.74) is 2.21. The Morgan fingerprint density at radius 2 is 1.83 bits per heavy atom. The molecule has 0 aliphatic carbocycles. The predicted molar refractivity (Wildman–Crippen MR) is 102 cm³/mol. The number of hydrogen-bond donors (Lipinski definition) is 1. The number of fused-ring (bicyclic) bond motifs is 1. The molecule has 3 rings (SSSR count). The molecule has 1 nitrogen and oxygen atoms in total. The summed E-state index contributed by atoms with van der Waals surface area (Å²) in [7, 11) is 0. The minimum Gasteiger partial charge on any atom is -0.386 e. The molecule has 0 fully saturated rings. The van der Waals surface area contributed by atoms with Gasteiger partial charge in [0.2, 0.25) is 0 Å². The number of thiophene rings is 1. The monoisotopic (exact) mass is 344 g/mol. The van der Waals surface area contributed by atoms with E-state index in [0.29, 0.717) is 10.9 Å². The third-order valence-corrected chi connectivity index (χ3v) is 5.57. The van der Waals surface area contributed by atoms with E-state index < -0.39 is 5.60 Å². The summed E-state index contributed by atoms with van der Waals surface area (Å²) in [5.74, 6) is 0.509. The molecule has 0 saturated heterocycles. The molecule has 0 amide bonds. The topological polar surface area (TPSA) is 20.2 Å². The maximum absolute atomic E-state index is 10.5. The number of aliphatic hydroxyl groups is 1. The first-order valence-electron chi connectivity index (χ1n) is 7.82. The largest absolute Gasteiger partial charge is 0.386 e. The molecule has 120 valence electrons. The Morgan fingerprint density at radius 1 is 1.09 bits per heavy atom. The number of benzene rings is 2. The molecule has 1 aromatic heterocycles. The van der Waals surface area contributed by atoms with E-state index in [1.807, 2.05) is 18.2 Å². The molecule has 0 saturated carbocycles. The molecule has 0 aliphatic rings. The average molecular weight is 345 g/mol. The van der Waals surface area contributed by atoms with Gasteiger partial charge in [-0.2, -0.15) is 0 Å². The molecule has 1 N–H and O–H groups in total. The second-order valence-electron chi connectivity index (χ2n) is 6.78. The van der Waals surface area contributed by atoms with Gasteiger partial charge in [-0.1, -0.05) is 49.7 Å². The Bertz CT molecular complexity index is 856. The molecular formula is C20H21ClOS. The van der Waals surface area contributed by atoms with Crippen molar-refractivity contribution in [2.75, 3.05) is 0 Å². The lowest BCUT2D eigenvalue weighted by atomic mass is 9.92. The quantitative estimate of drug-likeness (QED) is 0.569. The fraction of sp³-hybridized carbons (Fsp3) is 0.300. The summed E-state index contributed by atoms with van der Waals surface area (Å²) < 4.78 is 1.24. The third-order valence-electron chi connectivity index (χ3n) is 4.13. The zero-order chi connectivity index (χ0) is 16.8. The lowest BCUT2D eigenvalue weighted by Crippen LogP contribution is -2.16. The van der Waals surface area contributed by atoms with E-state index in [1.54, 1.807) is 25.2 Å². The standard InChI is InChI=1S/C20H21ClOS/c1-12(2)13-8-9-17-14(10-13)11-18(23-17)19-15(20(3,4)22)6-5-7-16(19)21/h5-12,22H,1-4H3. The minimum atomic E-state index is -0.931. The van der Waals surface area contributed by atoms with Crippen LogP contribution >= 0.6 is 22.9 Å². The molecule has 0 bridgehead atoms. The van der Waals surface area contributed by atoms with Gasteiger partial charge in [-0.05, 0) is 54.5 Å². The first-order chi connectivity index (χ1) is 10.8. The van der Waals surface area contributed by atoms with E-state index in [1.165, 1.54) is 15.6 Å². The highest BCUT2D eigenvalue weighted by Gasteiger charge is 2.23. The van der Waals surface area contributed by atoms with E-state index in [9.17, 15) is 5.11 Å². The average Bonchev–Trinajstić information content (AvgIpc) is 2.88. The highest BCUT2D eigenvalue weighted by atomic mass is 35.5. The van der Waals surface area contributed by atoms with Gasteiger partial charge in [0.25, 0.3) is 0 Å². The van der Waals surface area contributed by atoms with Crippen LogP contribution in [0.3, 0.4) is 0 Å². The van der Waals surface area contributed by atoms with Crippen LogP contribution in [0.2, 0.25) is 5.02 Å². The van der Waals surface area contributed by atoms with E-state index in [2.05, 4.69) is 38.1 Å². The van der Waals surface area contributed by atoms with Crippen LogP contribution in [0.15, 0.2) is 42.5 Å². The van der Waals surface area contributed by atoms with Gasteiger partial charge in [-0.3, -0.25) is 0 Å². The molecule has 23 heavy (non-hydrogen) atoms. The van der Waals surface area contributed by atoms with Gasteiger partial charge in [-0.15, -0.1) is 11.3 Å². The maximum atomic E-state index is 10.5. The lowest BCUT2D eigenvalue weighted by molar-refractivity contribution is 0.0792. The second-order valence-corrected chi connectivity index (χ2v) is 8.28. The van der Waals surface area contributed by atoms with E-state index in [4.69, 9.17) is 11.6 Å². The molecule has 0 unspecified atom stereocenters. The van der Waals surface area contributed by atoms with Gasteiger partial charge >= 0.3 is 0 Å². The molecule has 1 heterocycles. The number of halogens is 1. The van der Waals surface area contributed by atoms with Crippen molar-refractivity contribution in [3.05, 3.63) is 58.6 Å². The van der Waals surface area contributed by atoms with Crippen molar-refractivity contribution in [2.24, 2.45) is 0 Å². The summed E-state index contributed by atoms with van der Waals surface area (Å²) in [6.45, 7) is 8.00. The van der Waals surface area contributed by atoms with Crippen LogP contribution in [0.25, 0.3) is 20.5 Å². The van der Waals surface area contributed by atoms with Gasteiger partial charge in [0.15, 0.2) is 0 Å². The fourth-order valence-corrected chi connectivity index (χ4v) is 4.28. The van der Waals surface area contributed by atoms with Crippen molar-refractivity contribution in [2.45, 2.75) is 39.2 Å². The lowest BCUT2D eigenvalue weighted by Gasteiger charge is -2.22. The predicted octanol–water partition coefficient (Wildman–Crippen LogP) is 6.57. The Labute approximate surface area is 146 Å². The van der Waals surface area contributed by atoms with Crippen molar-refractivity contribution in [3.63, 3.8) is 0 Å². The van der Waals surface area contributed by atoms with Crippen LogP contribution in [0, 0.1) is 0 Å². The smallest absolute Gasteiger partial charge is 0.0847 e. The summed E-state index contributed by atoms with van der Waals surface area (Å²) in [6, 6.07) is 14.5. The summed E-state index contributed by atoms with van der Waals surface area (Å²) in [4.78, 5) is 1.10. The van der Waals surface area contributed by atoms with Gasteiger partial charge in [0, 0.05) is 20.2 Å². The van der Waals surface area contributed by atoms with E-state index in [0.717, 1.165) is 16.0 Å². The van der Waals surface area contributed by atoms with Crippen molar-refractivity contribution in [1.29, 1.82) is 0 Å². The highest BCUT2D eigenvalue weighted by molar-refractivity contribution is 7.22. The molecule has 2 aromatic carbocycles. The molecular weight excluding hydrogens is 324 g/mol. The number of hydrogen-bond acceptors (Lipinski definition) is 2. The van der Waals surface area contributed by atoms with Gasteiger partial charge < -0.3 is 5.11 Å². The SMILES string of the molecule is CC(C)c1ccc2sc(-c3c(Cl)cccc3C(C)(C)O)cc2c1. The molecule has 3 aromatic rings. The Hall–Kier alpha value is -1.35. The Morgan fingerprint density at radius 3 is 2.48 bits per heavy atom. The normalized spacial score (nSPS) is 12.3. The summed E-state index contributed by atoms with van der Waals surface area (Å²) >= 11 is 8.19. The Balaban J connectivity index is 2.21. The number of rotatable bonds is 3.